The number of likely N-dealkylation sites (tertiary alicyclic amines) is 1. The summed E-state index contributed by atoms with van der Waals surface area (Å²) in [5.74, 6) is 1.30. The molecule has 0 aromatic rings. The van der Waals surface area contributed by atoms with Crippen molar-refractivity contribution in [3.8, 4) is 0 Å². The average molecular weight is 195 g/mol. The first-order valence-corrected chi connectivity index (χ1v) is 5.94. The zero-order valence-corrected chi connectivity index (χ0v) is 9.33. The summed E-state index contributed by atoms with van der Waals surface area (Å²) in [5, 5.41) is 0. The Bertz CT molecular complexity index is 226. The molecule has 1 saturated heterocycles. The summed E-state index contributed by atoms with van der Waals surface area (Å²) in [7, 11) is 0. The second-order valence-corrected chi connectivity index (χ2v) is 5.18. The summed E-state index contributed by atoms with van der Waals surface area (Å²) in [5.41, 5.74) is 0. The lowest BCUT2D eigenvalue weighted by atomic mass is 9.93. The Labute approximate surface area is 86.7 Å². The Morgan fingerprint density at radius 1 is 1.36 bits per heavy atom. The Morgan fingerprint density at radius 2 is 2.14 bits per heavy atom. The number of hydrogen-bond donors (Lipinski definition) is 0. The standard InChI is InChI=1S/C12H21NO/c1-9-6-10(2)13(8-9)11-4-3-5-12(14)7-11/h9-11H,3-8H2,1-2H3. The van der Waals surface area contributed by atoms with Crippen molar-refractivity contribution < 1.29 is 4.79 Å². The van der Waals surface area contributed by atoms with Gasteiger partial charge in [-0.1, -0.05) is 6.92 Å². The number of nitrogens with zero attached hydrogens (tertiary/aromatic N) is 1. The van der Waals surface area contributed by atoms with E-state index in [-0.39, 0.29) is 0 Å². The maximum atomic E-state index is 11.4. The van der Waals surface area contributed by atoms with Crippen molar-refractivity contribution in [2.45, 2.75) is 58.0 Å². The lowest BCUT2D eigenvalue weighted by Crippen LogP contribution is -2.41. The van der Waals surface area contributed by atoms with Crippen LogP contribution in [0.25, 0.3) is 0 Å². The van der Waals surface area contributed by atoms with Gasteiger partial charge in [0.05, 0.1) is 0 Å². The molecule has 3 unspecified atom stereocenters. The predicted molar refractivity (Wildman–Crippen MR) is 57.2 cm³/mol. The van der Waals surface area contributed by atoms with Crippen LogP contribution in [0.15, 0.2) is 0 Å². The third-order valence-corrected chi connectivity index (χ3v) is 3.76. The maximum absolute atomic E-state index is 11.4. The van der Waals surface area contributed by atoms with Crippen LogP contribution in [0.3, 0.4) is 0 Å². The fourth-order valence-corrected chi connectivity index (χ4v) is 3.13. The summed E-state index contributed by atoms with van der Waals surface area (Å²) in [6, 6.07) is 1.26. The van der Waals surface area contributed by atoms with Gasteiger partial charge in [-0.25, -0.2) is 0 Å². The van der Waals surface area contributed by atoms with E-state index in [1.807, 2.05) is 0 Å². The molecule has 2 rings (SSSR count). The van der Waals surface area contributed by atoms with Gasteiger partial charge in [0.2, 0.25) is 0 Å². The molecule has 0 amide bonds. The van der Waals surface area contributed by atoms with E-state index in [0.29, 0.717) is 17.9 Å². The molecule has 0 bridgehead atoms. The predicted octanol–water partition coefficient (Wildman–Crippen LogP) is 2.23. The monoisotopic (exact) mass is 195 g/mol. The van der Waals surface area contributed by atoms with Crippen molar-refractivity contribution in [3.05, 3.63) is 0 Å². The van der Waals surface area contributed by atoms with E-state index < -0.39 is 0 Å². The molecule has 2 aliphatic rings. The van der Waals surface area contributed by atoms with Crippen LogP contribution in [0.2, 0.25) is 0 Å². The molecule has 1 aliphatic carbocycles. The van der Waals surface area contributed by atoms with Crippen LogP contribution in [0.4, 0.5) is 0 Å². The molecule has 2 heteroatoms. The lowest BCUT2D eigenvalue weighted by Gasteiger charge is -2.33. The molecular weight excluding hydrogens is 174 g/mol. The molecule has 1 saturated carbocycles. The van der Waals surface area contributed by atoms with Crippen LogP contribution in [-0.2, 0) is 4.79 Å². The number of ketones is 1. The highest BCUT2D eigenvalue weighted by molar-refractivity contribution is 5.79. The zero-order valence-electron chi connectivity index (χ0n) is 9.33. The quantitative estimate of drug-likeness (QED) is 0.639. The lowest BCUT2D eigenvalue weighted by molar-refractivity contribution is -0.122. The number of rotatable bonds is 1. The van der Waals surface area contributed by atoms with Gasteiger partial charge in [0.25, 0.3) is 0 Å². The van der Waals surface area contributed by atoms with Gasteiger partial charge in [0.15, 0.2) is 0 Å². The molecule has 2 fully saturated rings. The van der Waals surface area contributed by atoms with E-state index in [4.69, 9.17) is 0 Å². The maximum Gasteiger partial charge on any atom is 0.134 e. The van der Waals surface area contributed by atoms with Crippen molar-refractivity contribution in [2.75, 3.05) is 6.54 Å². The van der Waals surface area contributed by atoms with Crippen LogP contribution in [0.1, 0.15) is 46.0 Å². The van der Waals surface area contributed by atoms with E-state index in [1.165, 1.54) is 19.4 Å². The van der Waals surface area contributed by atoms with Crippen molar-refractivity contribution in [1.29, 1.82) is 0 Å². The van der Waals surface area contributed by atoms with Gasteiger partial charge < -0.3 is 0 Å². The summed E-state index contributed by atoms with van der Waals surface area (Å²) >= 11 is 0. The highest BCUT2D eigenvalue weighted by Crippen LogP contribution is 2.30. The first-order chi connectivity index (χ1) is 6.66. The second kappa shape index (κ2) is 4.01. The van der Waals surface area contributed by atoms with Gasteiger partial charge in [0.1, 0.15) is 5.78 Å². The Hall–Kier alpha value is -0.370. The Morgan fingerprint density at radius 3 is 2.71 bits per heavy atom. The van der Waals surface area contributed by atoms with Crippen LogP contribution in [-0.4, -0.2) is 29.3 Å². The Balaban J connectivity index is 1.96. The van der Waals surface area contributed by atoms with Crippen molar-refractivity contribution in [1.82, 2.24) is 4.90 Å². The number of carbonyl (C=O) groups excluding carboxylic acids is 1. The second-order valence-electron chi connectivity index (χ2n) is 5.18. The molecule has 14 heavy (non-hydrogen) atoms. The fraction of sp³-hybridized carbons (Fsp3) is 0.917. The van der Waals surface area contributed by atoms with Crippen molar-refractivity contribution in [2.24, 2.45) is 5.92 Å². The summed E-state index contributed by atoms with van der Waals surface area (Å²) in [6.45, 7) is 5.84. The fourth-order valence-electron chi connectivity index (χ4n) is 3.13. The Kier molecular flexibility index (Phi) is 2.91. The molecule has 0 radical (unpaired) electrons. The van der Waals surface area contributed by atoms with Crippen LogP contribution >= 0.6 is 0 Å². The molecule has 2 nitrogen and oxygen atoms in total. The molecule has 3 atom stereocenters. The van der Waals surface area contributed by atoms with Gasteiger partial charge in [-0.15, -0.1) is 0 Å². The van der Waals surface area contributed by atoms with Crippen molar-refractivity contribution >= 4 is 5.78 Å². The minimum atomic E-state index is 0.480. The van der Waals surface area contributed by atoms with Gasteiger partial charge in [0, 0.05) is 31.5 Å². The third kappa shape index (κ3) is 2.00. The summed E-state index contributed by atoms with van der Waals surface area (Å²) in [6.07, 6.45) is 5.31. The van der Waals surface area contributed by atoms with Crippen LogP contribution in [0, 0.1) is 5.92 Å². The molecule has 0 aromatic heterocycles. The van der Waals surface area contributed by atoms with E-state index >= 15 is 0 Å². The first-order valence-electron chi connectivity index (χ1n) is 5.94. The number of hydrogen-bond acceptors (Lipinski definition) is 2. The van der Waals surface area contributed by atoms with Gasteiger partial charge in [-0.05, 0) is 32.1 Å². The van der Waals surface area contributed by atoms with Gasteiger partial charge in [-0.2, -0.15) is 0 Å². The SMILES string of the molecule is CC1CC(C)N(C2CCCC(=O)C2)C1. The average Bonchev–Trinajstić information content (AvgIpc) is 2.45. The van der Waals surface area contributed by atoms with Crippen LogP contribution < -0.4 is 0 Å². The first kappa shape index (κ1) is 10.2. The minimum Gasteiger partial charge on any atom is -0.300 e. The molecule has 0 aromatic carbocycles. The van der Waals surface area contributed by atoms with E-state index in [0.717, 1.165) is 25.2 Å². The molecule has 1 aliphatic heterocycles. The minimum absolute atomic E-state index is 0.480. The van der Waals surface area contributed by atoms with Gasteiger partial charge in [-0.3, -0.25) is 9.69 Å². The largest absolute Gasteiger partial charge is 0.300 e. The normalized spacial score (nSPS) is 40.4. The van der Waals surface area contributed by atoms with E-state index in [2.05, 4.69) is 18.7 Å². The number of Topliss-reactive ketones (excluding diaryl/α,β-unsaturated/α-hetero) is 1. The molecular formula is C12H21NO. The molecule has 80 valence electrons. The highest BCUT2D eigenvalue weighted by atomic mass is 16.1. The third-order valence-electron chi connectivity index (χ3n) is 3.76. The van der Waals surface area contributed by atoms with E-state index in [9.17, 15) is 4.79 Å². The van der Waals surface area contributed by atoms with E-state index in [1.54, 1.807) is 0 Å². The highest BCUT2D eigenvalue weighted by Gasteiger charge is 2.33. The smallest absolute Gasteiger partial charge is 0.134 e. The topological polar surface area (TPSA) is 20.3 Å². The van der Waals surface area contributed by atoms with Crippen LogP contribution in [0.5, 0.6) is 0 Å². The zero-order chi connectivity index (χ0) is 10.1. The molecule has 0 spiro atoms. The summed E-state index contributed by atoms with van der Waals surface area (Å²) in [4.78, 5) is 14.0. The molecule has 1 heterocycles. The number of carbonyl (C=O) groups is 1. The summed E-state index contributed by atoms with van der Waals surface area (Å²) < 4.78 is 0. The van der Waals surface area contributed by atoms with Gasteiger partial charge >= 0.3 is 0 Å². The van der Waals surface area contributed by atoms with Crippen molar-refractivity contribution in [3.63, 3.8) is 0 Å². The molecule has 0 N–H and O–H groups in total.